The Kier molecular flexibility index (Phi) is 4.45. The molecule has 6 nitrogen and oxygen atoms in total. The van der Waals surface area contributed by atoms with Gasteiger partial charge in [0.2, 0.25) is 0 Å². The summed E-state index contributed by atoms with van der Waals surface area (Å²) in [7, 11) is 0. The van der Waals surface area contributed by atoms with Crippen molar-refractivity contribution in [1.82, 2.24) is 20.0 Å². The van der Waals surface area contributed by atoms with Crippen LogP contribution in [0, 0.1) is 0 Å². The van der Waals surface area contributed by atoms with Crippen molar-refractivity contribution in [2.75, 3.05) is 0 Å². The molecule has 2 aromatic heterocycles. The van der Waals surface area contributed by atoms with E-state index in [1.54, 1.807) is 16.8 Å². The summed E-state index contributed by atoms with van der Waals surface area (Å²) in [6, 6.07) is 15.2. The summed E-state index contributed by atoms with van der Waals surface area (Å²) < 4.78 is 7.18. The molecule has 0 amide bonds. The van der Waals surface area contributed by atoms with E-state index in [0.717, 1.165) is 28.3 Å². The van der Waals surface area contributed by atoms with E-state index in [2.05, 4.69) is 15.3 Å². The topological polar surface area (TPSA) is 69.9 Å². The van der Waals surface area contributed by atoms with Gasteiger partial charge in [-0.25, -0.2) is 14.5 Å². The zero-order valence-corrected chi connectivity index (χ0v) is 14.9. The van der Waals surface area contributed by atoms with E-state index in [0.29, 0.717) is 11.1 Å². The van der Waals surface area contributed by atoms with Crippen LogP contribution in [0.5, 0.6) is 0 Å². The van der Waals surface area contributed by atoms with Crippen molar-refractivity contribution in [2.24, 2.45) is 0 Å². The molecular formula is C19H16N4O2S. The quantitative estimate of drug-likeness (QED) is 0.502. The Morgan fingerprint density at radius 1 is 1.19 bits per heavy atom. The fraction of sp³-hybridized carbons (Fsp3) is 0.158. The smallest absolute Gasteiger partial charge is 0.338 e. The molecular weight excluding hydrogens is 348 g/mol. The summed E-state index contributed by atoms with van der Waals surface area (Å²) in [4.78, 5) is 16.8. The summed E-state index contributed by atoms with van der Waals surface area (Å²) in [5.74, 6) is -0.396. The summed E-state index contributed by atoms with van der Waals surface area (Å²) in [5.41, 5.74) is 3.83. The summed E-state index contributed by atoms with van der Waals surface area (Å²) in [6.45, 7) is 2.86. The molecule has 7 heteroatoms. The van der Waals surface area contributed by atoms with Crippen molar-refractivity contribution in [3.05, 3.63) is 65.2 Å². The molecule has 0 saturated heterocycles. The van der Waals surface area contributed by atoms with E-state index in [9.17, 15) is 4.79 Å². The first-order chi connectivity index (χ1) is 12.7. The van der Waals surface area contributed by atoms with Crippen LogP contribution in [0.3, 0.4) is 0 Å². The maximum atomic E-state index is 12.3. The summed E-state index contributed by atoms with van der Waals surface area (Å²) >= 11 is 1.53. The number of esters is 1. The van der Waals surface area contributed by atoms with Gasteiger partial charge < -0.3 is 4.74 Å². The largest absolute Gasteiger partial charge is 0.456 e. The number of hydrogen-bond donors (Lipinski definition) is 0. The van der Waals surface area contributed by atoms with Crippen LogP contribution in [0.25, 0.3) is 21.6 Å². The highest BCUT2D eigenvalue weighted by Gasteiger charge is 2.12. The molecule has 0 aliphatic rings. The number of benzene rings is 2. The highest BCUT2D eigenvalue weighted by atomic mass is 32.1. The lowest BCUT2D eigenvalue weighted by Crippen LogP contribution is -2.05. The fourth-order valence-corrected chi connectivity index (χ4v) is 3.45. The monoisotopic (exact) mass is 364 g/mol. The SMILES string of the molecule is CCn1nnc2cc(C(=O)OCc3csc(-c4ccccc4)n3)ccc21. The van der Waals surface area contributed by atoms with Gasteiger partial charge >= 0.3 is 5.97 Å². The molecule has 26 heavy (non-hydrogen) atoms. The maximum absolute atomic E-state index is 12.3. The van der Waals surface area contributed by atoms with E-state index < -0.39 is 5.97 Å². The number of hydrogen-bond acceptors (Lipinski definition) is 6. The molecule has 130 valence electrons. The zero-order chi connectivity index (χ0) is 17.9. The Balaban J connectivity index is 1.45. The number of nitrogens with zero attached hydrogens (tertiary/aromatic N) is 4. The first-order valence-electron chi connectivity index (χ1n) is 8.25. The summed E-state index contributed by atoms with van der Waals surface area (Å²) in [6.07, 6.45) is 0. The van der Waals surface area contributed by atoms with Gasteiger partial charge in [0.1, 0.15) is 17.1 Å². The average Bonchev–Trinajstić information content (AvgIpc) is 3.33. The molecule has 0 fully saturated rings. The zero-order valence-electron chi connectivity index (χ0n) is 14.1. The van der Waals surface area contributed by atoms with Gasteiger partial charge in [-0.3, -0.25) is 0 Å². The average molecular weight is 364 g/mol. The van der Waals surface area contributed by atoms with E-state index in [4.69, 9.17) is 4.74 Å². The highest BCUT2D eigenvalue weighted by Crippen LogP contribution is 2.23. The number of fused-ring (bicyclic) bond motifs is 1. The minimum atomic E-state index is -0.396. The predicted octanol–water partition coefficient (Wildman–Crippen LogP) is 3.93. The van der Waals surface area contributed by atoms with E-state index >= 15 is 0 Å². The number of aromatic nitrogens is 4. The number of carbonyl (C=O) groups excluding carboxylic acids is 1. The number of rotatable bonds is 5. The van der Waals surface area contributed by atoms with E-state index in [1.165, 1.54) is 11.3 Å². The van der Waals surface area contributed by atoms with Gasteiger partial charge in [0.25, 0.3) is 0 Å². The Hall–Kier alpha value is -3.06. The molecule has 4 rings (SSSR count). The van der Waals surface area contributed by atoms with Crippen LogP contribution in [0.4, 0.5) is 0 Å². The number of thiazole rings is 1. The van der Waals surface area contributed by atoms with Gasteiger partial charge in [-0.2, -0.15) is 0 Å². The second-order valence-corrected chi connectivity index (χ2v) is 6.55. The van der Waals surface area contributed by atoms with Crippen molar-refractivity contribution < 1.29 is 9.53 Å². The first kappa shape index (κ1) is 16.4. The van der Waals surface area contributed by atoms with Crippen molar-refractivity contribution in [3.63, 3.8) is 0 Å². The lowest BCUT2D eigenvalue weighted by Gasteiger charge is -2.03. The highest BCUT2D eigenvalue weighted by molar-refractivity contribution is 7.13. The standard InChI is InChI=1S/C19H16N4O2S/c1-2-23-17-9-8-14(10-16(17)21-22-23)19(24)25-11-15-12-26-18(20-15)13-6-4-3-5-7-13/h3-10,12H,2,11H2,1H3. The van der Waals surface area contributed by atoms with Gasteiger partial charge in [0.05, 0.1) is 16.8 Å². The number of carbonyl (C=O) groups is 1. The second-order valence-electron chi connectivity index (χ2n) is 5.69. The van der Waals surface area contributed by atoms with Gasteiger partial charge in [-0.1, -0.05) is 35.5 Å². The maximum Gasteiger partial charge on any atom is 0.338 e. The molecule has 0 bridgehead atoms. The fourth-order valence-electron chi connectivity index (χ4n) is 2.64. The molecule has 0 aliphatic carbocycles. The summed E-state index contributed by atoms with van der Waals surface area (Å²) in [5, 5.41) is 10.9. The molecule has 0 radical (unpaired) electrons. The molecule has 0 atom stereocenters. The van der Waals surface area contributed by atoms with Crippen LogP contribution in [0.15, 0.2) is 53.9 Å². The van der Waals surface area contributed by atoms with Gasteiger partial charge in [0, 0.05) is 17.5 Å². The third-order valence-corrected chi connectivity index (χ3v) is 4.91. The predicted molar refractivity (Wildman–Crippen MR) is 99.9 cm³/mol. The molecule has 2 aromatic carbocycles. The Morgan fingerprint density at radius 3 is 2.85 bits per heavy atom. The van der Waals surface area contributed by atoms with E-state index in [-0.39, 0.29) is 6.61 Å². The van der Waals surface area contributed by atoms with Crippen LogP contribution >= 0.6 is 11.3 Å². The number of aryl methyl sites for hydroxylation is 1. The van der Waals surface area contributed by atoms with Crippen LogP contribution in [-0.2, 0) is 17.9 Å². The molecule has 0 aliphatic heterocycles. The van der Waals surface area contributed by atoms with Gasteiger partial charge in [0.15, 0.2) is 0 Å². The third kappa shape index (κ3) is 3.21. The second kappa shape index (κ2) is 7.05. The first-order valence-corrected chi connectivity index (χ1v) is 9.13. The molecule has 0 spiro atoms. The number of ether oxygens (including phenoxy) is 1. The normalized spacial score (nSPS) is 11.0. The van der Waals surface area contributed by atoms with Crippen LogP contribution < -0.4 is 0 Å². The van der Waals surface area contributed by atoms with Crippen LogP contribution in [0.2, 0.25) is 0 Å². The van der Waals surface area contributed by atoms with E-state index in [1.807, 2.05) is 48.7 Å². The van der Waals surface area contributed by atoms with Crippen LogP contribution in [0.1, 0.15) is 23.0 Å². The molecule has 0 unspecified atom stereocenters. The molecule has 2 heterocycles. The minimum Gasteiger partial charge on any atom is -0.456 e. The molecule has 0 N–H and O–H groups in total. The Labute approximate surface area is 154 Å². The third-order valence-electron chi connectivity index (χ3n) is 3.97. The van der Waals surface area contributed by atoms with Crippen molar-refractivity contribution >= 4 is 28.3 Å². The van der Waals surface area contributed by atoms with Crippen LogP contribution in [-0.4, -0.2) is 25.9 Å². The molecule has 0 saturated carbocycles. The van der Waals surface area contributed by atoms with Crippen molar-refractivity contribution in [2.45, 2.75) is 20.1 Å². The molecule has 4 aromatic rings. The lowest BCUT2D eigenvalue weighted by molar-refractivity contribution is 0.0468. The minimum absolute atomic E-state index is 0.141. The van der Waals surface area contributed by atoms with Gasteiger partial charge in [-0.05, 0) is 25.1 Å². The van der Waals surface area contributed by atoms with Crippen molar-refractivity contribution in [3.8, 4) is 10.6 Å². The Morgan fingerprint density at radius 2 is 2.04 bits per heavy atom. The lowest BCUT2D eigenvalue weighted by atomic mass is 10.2. The van der Waals surface area contributed by atoms with Gasteiger partial charge in [-0.15, -0.1) is 16.4 Å². The van der Waals surface area contributed by atoms with Crippen molar-refractivity contribution in [1.29, 1.82) is 0 Å². The Bertz CT molecular complexity index is 1060.